The second-order valence-corrected chi connectivity index (χ2v) is 6.35. The molecule has 1 aliphatic heterocycles. The molecule has 0 saturated carbocycles. The van der Waals surface area contributed by atoms with Crippen LogP contribution in [0.3, 0.4) is 0 Å². The minimum Gasteiger partial charge on any atom is -0.495 e. The molecule has 3 rings (SSSR count). The van der Waals surface area contributed by atoms with Gasteiger partial charge in [-0.1, -0.05) is 18.2 Å². The molecule has 10 nitrogen and oxygen atoms in total. The Kier molecular flexibility index (Phi) is 7.02. The first-order valence-corrected chi connectivity index (χ1v) is 9.07. The molecule has 1 unspecified atom stereocenters. The number of amides is 2. The zero-order chi connectivity index (χ0) is 20.6. The number of hydrogen-bond acceptors (Lipinski definition) is 7. The van der Waals surface area contributed by atoms with Gasteiger partial charge in [0.05, 0.1) is 30.6 Å². The Bertz CT molecular complexity index is 896. The molecule has 1 fully saturated rings. The number of morpholine rings is 1. The van der Waals surface area contributed by atoms with E-state index < -0.39 is 6.03 Å². The summed E-state index contributed by atoms with van der Waals surface area (Å²) in [4.78, 5) is 23.3. The van der Waals surface area contributed by atoms with Crippen molar-refractivity contribution < 1.29 is 19.0 Å². The quantitative estimate of drug-likeness (QED) is 0.618. The van der Waals surface area contributed by atoms with Crippen molar-refractivity contribution in [3.63, 3.8) is 0 Å². The fourth-order valence-corrected chi connectivity index (χ4v) is 2.77. The number of methoxy groups -OCH3 is 1. The smallest absolute Gasteiger partial charge is 0.325 e. The van der Waals surface area contributed by atoms with Crippen LogP contribution in [0.1, 0.15) is 0 Å². The van der Waals surface area contributed by atoms with E-state index in [2.05, 4.69) is 30.8 Å². The lowest BCUT2D eigenvalue weighted by atomic mass is 10.2. The van der Waals surface area contributed by atoms with Gasteiger partial charge in [-0.3, -0.25) is 5.32 Å². The van der Waals surface area contributed by atoms with Crippen LogP contribution in [0.2, 0.25) is 5.02 Å². The van der Waals surface area contributed by atoms with Crippen LogP contribution < -0.4 is 25.4 Å². The van der Waals surface area contributed by atoms with Crippen molar-refractivity contribution in [3.8, 4) is 11.5 Å². The van der Waals surface area contributed by atoms with Crippen LogP contribution in [0.4, 0.5) is 22.1 Å². The number of carbonyl (C=O) groups is 1. The third-order valence-corrected chi connectivity index (χ3v) is 4.22. The molecule has 0 bridgehead atoms. The molecule has 0 radical (unpaired) electrons. The van der Waals surface area contributed by atoms with Crippen molar-refractivity contribution >= 4 is 35.0 Å². The first-order chi connectivity index (χ1) is 14.1. The Morgan fingerprint density at radius 3 is 2.90 bits per heavy atom. The minimum atomic E-state index is -0.573. The van der Waals surface area contributed by atoms with Crippen molar-refractivity contribution in [2.75, 3.05) is 44.0 Å². The molecular weight excluding hydrogens is 400 g/mol. The van der Waals surface area contributed by atoms with Crippen LogP contribution in [0.15, 0.2) is 24.5 Å². The Hall–Kier alpha value is -3.13. The SMILES string of the molecule is [C-]#[N+]c1cnc(NC(=O)Nc2cc(Cl)c(OC)cc2OCC2CNCCO2)cn1. The molecule has 1 atom stereocenters. The molecule has 1 aliphatic rings. The molecule has 3 N–H and O–H groups in total. The number of hydrogen-bond donors (Lipinski definition) is 3. The van der Waals surface area contributed by atoms with Crippen molar-refractivity contribution in [2.24, 2.45) is 0 Å². The van der Waals surface area contributed by atoms with E-state index in [4.69, 9.17) is 32.4 Å². The summed E-state index contributed by atoms with van der Waals surface area (Å²) >= 11 is 6.19. The molecule has 1 saturated heterocycles. The fraction of sp³-hybridized carbons (Fsp3) is 0.333. The Labute approximate surface area is 172 Å². The maximum absolute atomic E-state index is 12.3. The van der Waals surface area contributed by atoms with E-state index in [0.717, 1.165) is 6.54 Å². The van der Waals surface area contributed by atoms with Crippen LogP contribution >= 0.6 is 11.6 Å². The average Bonchev–Trinajstić information content (AvgIpc) is 2.74. The third kappa shape index (κ3) is 5.68. The number of aromatic nitrogens is 2. The molecular formula is C18H19ClN6O4. The predicted molar refractivity (Wildman–Crippen MR) is 107 cm³/mol. The van der Waals surface area contributed by atoms with Crippen LogP contribution in [0.25, 0.3) is 4.85 Å². The van der Waals surface area contributed by atoms with E-state index in [1.54, 1.807) is 6.07 Å². The predicted octanol–water partition coefficient (Wildman–Crippen LogP) is 2.70. The first kappa shape index (κ1) is 20.6. The van der Waals surface area contributed by atoms with Crippen molar-refractivity contribution in [3.05, 3.63) is 41.0 Å². The van der Waals surface area contributed by atoms with Gasteiger partial charge in [-0.25, -0.2) is 9.78 Å². The zero-order valence-corrected chi connectivity index (χ0v) is 16.3. The number of rotatable bonds is 6. The van der Waals surface area contributed by atoms with Crippen LogP contribution in [-0.4, -0.2) is 55.5 Å². The van der Waals surface area contributed by atoms with Gasteiger partial charge < -0.3 is 29.7 Å². The summed E-state index contributed by atoms with van der Waals surface area (Å²) in [5.74, 6) is 1.12. The van der Waals surface area contributed by atoms with Gasteiger partial charge in [0.1, 0.15) is 24.2 Å². The number of benzene rings is 1. The summed E-state index contributed by atoms with van der Waals surface area (Å²) in [5.41, 5.74) is 0.350. The van der Waals surface area contributed by atoms with Gasteiger partial charge in [0.25, 0.3) is 5.82 Å². The first-order valence-electron chi connectivity index (χ1n) is 8.69. The maximum atomic E-state index is 12.3. The van der Waals surface area contributed by atoms with E-state index in [1.807, 2.05) is 0 Å². The van der Waals surface area contributed by atoms with Gasteiger partial charge in [0, 0.05) is 19.2 Å². The highest BCUT2D eigenvalue weighted by Gasteiger charge is 2.18. The highest BCUT2D eigenvalue weighted by Crippen LogP contribution is 2.36. The van der Waals surface area contributed by atoms with Crippen molar-refractivity contribution in [1.29, 1.82) is 0 Å². The van der Waals surface area contributed by atoms with E-state index in [9.17, 15) is 4.79 Å². The van der Waals surface area contributed by atoms with E-state index in [1.165, 1.54) is 25.6 Å². The molecule has 2 aromatic rings. The lowest BCUT2D eigenvalue weighted by Crippen LogP contribution is -2.41. The van der Waals surface area contributed by atoms with Gasteiger partial charge in [0.15, 0.2) is 12.0 Å². The van der Waals surface area contributed by atoms with Gasteiger partial charge >= 0.3 is 6.03 Å². The molecule has 0 aliphatic carbocycles. The number of halogens is 1. The molecule has 152 valence electrons. The maximum Gasteiger partial charge on any atom is 0.325 e. The summed E-state index contributed by atoms with van der Waals surface area (Å²) in [6, 6.07) is 2.55. The van der Waals surface area contributed by atoms with Gasteiger partial charge in [-0.2, -0.15) is 0 Å². The summed E-state index contributed by atoms with van der Waals surface area (Å²) in [7, 11) is 1.49. The van der Waals surface area contributed by atoms with Gasteiger partial charge in [-0.05, 0) is 6.07 Å². The number of ether oxygens (including phenoxy) is 3. The monoisotopic (exact) mass is 418 g/mol. The standard InChI is InChI=1S/C18H19ClN6O4/c1-20-16-8-23-17(9-22-16)25-18(26)24-13-5-12(19)14(27-2)6-15(13)29-10-11-7-21-3-4-28-11/h5-6,8-9,11,21H,3-4,7,10H2,2H3,(H2,23,24,25,26). The second-order valence-electron chi connectivity index (χ2n) is 5.94. The van der Waals surface area contributed by atoms with E-state index in [-0.39, 0.29) is 24.3 Å². The Balaban J connectivity index is 1.70. The largest absolute Gasteiger partial charge is 0.495 e. The van der Waals surface area contributed by atoms with Crippen LogP contribution in [-0.2, 0) is 4.74 Å². The van der Waals surface area contributed by atoms with E-state index in [0.29, 0.717) is 35.4 Å². The van der Waals surface area contributed by atoms with Crippen molar-refractivity contribution in [2.45, 2.75) is 6.10 Å². The highest BCUT2D eigenvalue weighted by molar-refractivity contribution is 6.32. The number of carbonyl (C=O) groups excluding carboxylic acids is 1. The number of anilines is 2. The fourth-order valence-electron chi connectivity index (χ4n) is 2.53. The third-order valence-electron chi connectivity index (χ3n) is 3.93. The zero-order valence-electron chi connectivity index (χ0n) is 15.6. The Morgan fingerprint density at radius 1 is 1.38 bits per heavy atom. The lowest BCUT2D eigenvalue weighted by molar-refractivity contribution is 0.000316. The number of nitrogens with one attached hydrogen (secondary N) is 3. The number of nitrogens with zero attached hydrogens (tertiary/aromatic N) is 3. The molecule has 2 heterocycles. The van der Waals surface area contributed by atoms with Gasteiger partial charge in [0.2, 0.25) is 0 Å². The number of urea groups is 1. The highest BCUT2D eigenvalue weighted by atomic mass is 35.5. The second kappa shape index (κ2) is 9.88. The summed E-state index contributed by atoms with van der Waals surface area (Å²) in [6.07, 6.45) is 2.45. The summed E-state index contributed by atoms with van der Waals surface area (Å²) in [6.45, 7) is 9.24. The molecule has 0 spiro atoms. The minimum absolute atomic E-state index is 0.108. The molecule has 1 aromatic carbocycles. The topological polar surface area (TPSA) is 111 Å². The normalized spacial score (nSPS) is 15.8. The van der Waals surface area contributed by atoms with Crippen LogP contribution in [0.5, 0.6) is 11.5 Å². The molecule has 29 heavy (non-hydrogen) atoms. The average molecular weight is 419 g/mol. The molecule has 1 aromatic heterocycles. The van der Waals surface area contributed by atoms with E-state index >= 15 is 0 Å². The Morgan fingerprint density at radius 2 is 2.24 bits per heavy atom. The van der Waals surface area contributed by atoms with Crippen molar-refractivity contribution in [1.82, 2.24) is 15.3 Å². The molecule has 11 heteroatoms. The molecule has 2 amide bonds. The lowest BCUT2D eigenvalue weighted by Gasteiger charge is -2.24. The van der Waals surface area contributed by atoms with Crippen LogP contribution in [0, 0.1) is 6.57 Å². The summed E-state index contributed by atoms with van der Waals surface area (Å²) < 4.78 is 16.7. The summed E-state index contributed by atoms with van der Waals surface area (Å²) in [5, 5.41) is 8.73. The van der Waals surface area contributed by atoms with Gasteiger partial charge in [-0.15, -0.1) is 4.98 Å².